The number of rotatable bonds is 15. The van der Waals surface area contributed by atoms with E-state index in [0.717, 1.165) is 74.4 Å². The number of epoxide rings is 4. The summed E-state index contributed by atoms with van der Waals surface area (Å²) in [4.78, 5) is 13.7. The SMILES string of the molecule is C=C(C)C(=O)OC(c1ccc(CC2CO2)cc1)C(c1ccc(CC2CO2)cc1)(c1ccc(CC2CO2)cc1)c1ccc(CC2CO2)cc1. The first kappa shape index (κ1) is 31.2. The van der Waals surface area contributed by atoms with Crippen molar-refractivity contribution in [2.75, 3.05) is 26.4 Å². The molecular formula is C42H42O6. The van der Waals surface area contributed by atoms with Gasteiger partial charge in [-0.2, -0.15) is 0 Å². The van der Waals surface area contributed by atoms with Crippen LogP contribution in [0.15, 0.2) is 109 Å². The Morgan fingerprint density at radius 3 is 1.17 bits per heavy atom. The highest BCUT2D eigenvalue weighted by Gasteiger charge is 2.47. The molecular weight excluding hydrogens is 600 g/mol. The maximum atomic E-state index is 13.7. The fourth-order valence-corrected chi connectivity index (χ4v) is 6.90. The van der Waals surface area contributed by atoms with Crippen LogP contribution in [0.2, 0.25) is 0 Å². The first-order valence-corrected chi connectivity index (χ1v) is 17.1. The van der Waals surface area contributed by atoms with Gasteiger partial charge in [-0.15, -0.1) is 0 Å². The molecule has 6 nitrogen and oxygen atoms in total. The van der Waals surface area contributed by atoms with Gasteiger partial charge in [-0.1, -0.05) is 104 Å². The molecule has 0 radical (unpaired) electrons. The second kappa shape index (κ2) is 13.1. The lowest BCUT2D eigenvalue weighted by Crippen LogP contribution is -2.39. The van der Waals surface area contributed by atoms with Gasteiger partial charge in [0.05, 0.1) is 56.3 Å². The smallest absolute Gasteiger partial charge is 0.333 e. The fraction of sp³-hybridized carbons (Fsp3) is 0.357. The Hall–Kier alpha value is -4.07. The van der Waals surface area contributed by atoms with Crippen LogP contribution in [0.25, 0.3) is 0 Å². The van der Waals surface area contributed by atoms with Crippen LogP contribution in [-0.4, -0.2) is 56.8 Å². The van der Waals surface area contributed by atoms with Gasteiger partial charge >= 0.3 is 5.97 Å². The van der Waals surface area contributed by atoms with Gasteiger partial charge in [-0.3, -0.25) is 0 Å². The van der Waals surface area contributed by atoms with E-state index < -0.39 is 17.5 Å². The summed E-state index contributed by atoms with van der Waals surface area (Å²) in [6.45, 7) is 8.91. The quantitative estimate of drug-likeness (QED) is 0.0626. The normalized spacial score (nSPS) is 23.9. The third-order valence-corrected chi connectivity index (χ3v) is 9.94. The predicted octanol–water partition coefficient (Wildman–Crippen LogP) is 6.65. The molecule has 4 heterocycles. The van der Waals surface area contributed by atoms with Crippen molar-refractivity contribution in [3.63, 3.8) is 0 Å². The van der Waals surface area contributed by atoms with E-state index in [1.807, 2.05) is 0 Å². The van der Waals surface area contributed by atoms with Gasteiger partial charge in [0.2, 0.25) is 0 Å². The highest BCUT2D eigenvalue weighted by molar-refractivity contribution is 5.87. The van der Waals surface area contributed by atoms with Crippen LogP contribution in [0.5, 0.6) is 0 Å². The molecule has 0 amide bonds. The molecule has 5 unspecified atom stereocenters. The Balaban J connectivity index is 1.31. The third kappa shape index (κ3) is 7.03. The minimum atomic E-state index is -0.899. The lowest BCUT2D eigenvalue weighted by atomic mass is 9.63. The first-order chi connectivity index (χ1) is 23.4. The summed E-state index contributed by atoms with van der Waals surface area (Å²) in [6, 6.07) is 34.9. The highest BCUT2D eigenvalue weighted by Crippen LogP contribution is 2.51. The largest absolute Gasteiger partial charge is 0.452 e. The van der Waals surface area contributed by atoms with Crippen molar-refractivity contribution in [2.24, 2.45) is 0 Å². The van der Waals surface area contributed by atoms with Gasteiger partial charge in [0.1, 0.15) is 6.10 Å². The maximum Gasteiger partial charge on any atom is 0.333 e. The molecule has 4 aliphatic heterocycles. The molecule has 0 aliphatic carbocycles. The number of hydrogen-bond acceptors (Lipinski definition) is 6. The molecule has 4 fully saturated rings. The number of hydrogen-bond donors (Lipinski definition) is 0. The van der Waals surface area contributed by atoms with Gasteiger partial charge < -0.3 is 23.7 Å². The number of carbonyl (C=O) groups excluding carboxylic acids is 1. The van der Waals surface area contributed by atoms with Crippen molar-refractivity contribution in [2.45, 2.75) is 68.5 Å². The van der Waals surface area contributed by atoms with Gasteiger partial charge in [0, 0.05) is 31.3 Å². The first-order valence-electron chi connectivity index (χ1n) is 17.1. The van der Waals surface area contributed by atoms with Crippen molar-refractivity contribution in [1.82, 2.24) is 0 Å². The van der Waals surface area contributed by atoms with Crippen LogP contribution < -0.4 is 0 Å². The summed E-state index contributed by atoms with van der Waals surface area (Å²) >= 11 is 0. The molecule has 4 aromatic carbocycles. The van der Waals surface area contributed by atoms with Crippen molar-refractivity contribution < 1.29 is 28.5 Å². The van der Waals surface area contributed by atoms with E-state index in [1.165, 1.54) is 22.3 Å². The number of carbonyl (C=O) groups is 1. The van der Waals surface area contributed by atoms with Crippen LogP contribution >= 0.6 is 0 Å². The minimum Gasteiger partial charge on any atom is -0.452 e. The molecule has 4 aromatic rings. The van der Waals surface area contributed by atoms with E-state index in [9.17, 15) is 4.79 Å². The molecule has 0 N–H and O–H groups in total. The molecule has 4 saturated heterocycles. The summed E-state index contributed by atoms with van der Waals surface area (Å²) < 4.78 is 28.8. The summed E-state index contributed by atoms with van der Waals surface area (Å²) in [5.74, 6) is -0.424. The van der Waals surface area contributed by atoms with E-state index >= 15 is 0 Å². The lowest BCUT2D eigenvalue weighted by molar-refractivity contribution is -0.147. The summed E-state index contributed by atoms with van der Waals surface area (Å²) in [7, 11) is 0. The molecule has 4 aliphatic rings. The van der Waals surface area contributed by atoms with Crippen molar-refractivity contribution in [3.8, 4) is 0 Å². The van der Waals surface area contributed by atoms with Crippen LogP contribution in [0, 0.1) is 0 Å². The van der Waals surface area contributed by atoms with Crippen LogP contribution in [-0.2, 0) is 59.6 Å². The van der Waals surface area contributed by atoms with Crippen molar-refractivity contribution in [1.29, 1.82) is 0 Å². The Labute approximate surface area is 282 Å². The molecule has 0 aromatic heterocycles. The topological polar surface area (TPSA) is 76.4 Å². The predicted molar refractivity (Wildman–Crippen MR) is 183 cm³/mol. The second-order valence-corrected chi connectivity index (χ2v) is 13.8. The van der Waals surface area contributed by atoms with E-state index in [0.29, 0.717) is 5.57 Å². The summed E-state index contributed by atoms with van der Waals surface area (Å²) in [6.07, 6.45) is 3.94. The van der Waals surface area contributed by atoms with E-state index in [2.05, 4.69) is 104 Å². The monoisotopic (exact) mass is 642 g/mol. The van der Waals surface area contributed by atoms with E-state index in [-0.39, 0.29) is 24.4 Å². The van der Waals surface area contributed by atoms with Crippen LogP contribution in [0.1, 0.15) is 57.5 Å². The average molecular weight is 643 g/mol. The van der Waals surface area contributed by atoms with Crippen molar-refractivity contribution >= 4 is 5.97 Å². The van der Waals surface area contributed by atoms with Gasteiger partial charge in [-0.25, -0.2) is 4.79 Å². The molecule has 5 atom stereocenters. The number of ether oxygens (including phenoxy) is 5. The van der Waals surface area contributed by atoms with E-state index in [1.54, 1.807) is 6.92 Å². The van der Waals surface area contributed by atoms with Gasteiger partial charge in [0.15, 0.2) is 0 Å². The summed E-state index contributed by atoms with van der Waals surface area (Å²) in [5, 5.41) is 0. The lowest BCUT2D eigenvalue weighted by Gasteiger charge is -2.42. The average Bonchev–Trinajstić information content (AvgIpc) is 3.89. The third-order valence-electron chi connectivity index (χ3n) is 9.94. The molecule has 246 valence electrons. The molecule has 8 rings (SSSR count). The van der Waals surface area contributed by atoms with E-state index in [4.69, 9.17) is 23.7 Å². The minimum absolute atomic E-state index is 0.283. The van der Waals surface area contributed by atoms with Gasteiger partial charge in [-0.05, 0) is 51.4 Å². The zero-order valence-electron chi connectivity index (χ0n) is 27.4. The summed E-state index contributed by atoms with van der Waals surface area (Å²) in [5.41, 5.74) is 8.33. The Kier molecular flexibility index (Phi) is 8.51. The molecule has 0 saturated carbocycles. The number of esters is 1. The van der Waals surface area contributed by atoms with Crippen LogP contribution in [0.4, 0.5) is 0 Å². The maximum absolute atomic E-state index is 13.7. The molecule has 0 spiro atoms. The highest BCUT2D eigenvalue weighted by atomic mass is 16.6. The fourth-order valence-electron chi connectivity index (χ4n) is 6.90. The Morgan fingerprint density at radius 1 is 0.604 bits per heavy atom. The Bertz CT molecular complexity index is 1600. The van der Waals surface area contributed by atoms with Crippen molar-refractivity contribution in [3.05, 3.63) is 154 Å². The number of benzene rings is 4. The molecule has 0 bridgehead atoms. The van der Waals surface area contributed by atoms with Gasteiger partial charge in [0.25, 0.3) is 0 Å². The zero-order chi connectivity index (χ0) is 32.7. The Morgan fingerprint density at radius 2 is 0.896 bits per heavy atom. The second-order valence-electron chi connectivity index (χ2n) is 13.8. The zero-order valence-corrected chi connectivity index (χ0v) is 27.4. The molecule has 48 heavy (non-hydrogen) atoms. The molecule has 6 heteroatoms. The standard InChI is InChI=1S/C42H42O6/c1-27(2)41(43)48-40(32-11-3-28(4-12-32)19-36-23-44-36)42(33-13-5-29(6-14-33)20-37-24-45-37,34-15-7-30(8-16-34)21-38-25-46-38)35-17-9-31(10-18-35)22-39-26-47-39/h3-18,36-40H,1,19-26H2,2H3. The van der Waals surface area contributed by atoms with Crippen LogP contribution in [0.3, 0.4) is 0 Å².